The molecule has 127 heavy (non-hydrogen) atoms. The van der Waals surface area contributed by atoms with E-state index in [2.05, 4.69) is 49.5 Å². The van der Waals surface area contributed by atoms with Gasteiger partial charge in [-0.25, -0.2) is 14.4 Å². The van der Waals surface area contributed by atoms with Crippen molar-refractivity contribution in [2.24, 2.45) is 22.2 Å². The molecule has 2 N–H and O–H groups in total. The van der Waals surface area contributed by atoms with Crippen LogP contribution >= 0.6 is 24.0 Å². The van der Waals surface area contributed by atoms with Crippen LogP contribution in [0.1, 0.15) is 203 Å². The van der Waals surface area contributed by atoms with E-state index in [1.165, 1.54) is 54.6 Å². The molecule has 8 heterocycles. The van der Waals surface area contributed by atoms with E-state index in [0.717, 1.165) is 104 Å². The van der Waals surface area contributed by atoms with Gasteiger partial charge in [0, 0.05) is 99.4 Å². The minimum Gasteiger partial charge on any atom is -0.478 e. The standard InChI is InChI=1S/C25H21F3N4O.C19H23F3N2O2.C14H15F3N2.C11H8N2O2.C11H18N2O2.C8H6ClF3.6CH4.ClH/c26-25(27,28)20-5-3-18(4-6-20)16-24(17-29)9-14-32(15-10-24)23(33)21-2-1-11-31-22(21)19-7-12-30-13-8-19;1-17(2,3)26-16(25)24-10-8-18(13-23,9-11-24)12-14-4-6-15(7-5-14)19(20,21)22;15-14(16,17)12-3-1-11(2-4-12)9-13(10-18)5-7-19-8-6-13;14-11(15)9-2-1-5-13-10(9)8-3-6-12-7-4-8;1-11(2,3)15-10(14)13-6-4-9(8-12)5-7-13;9-5-6-1-3-7(4-2-6)8(10,11)12;;;;;;;/h1-8,11-13H,9-10,14-16H2;4-7H,8-12H2,1-3H3;1-4,19H,5-9H2;1-7H,(H,14,15);9H,4-7H2,1-3H3;1-4H,5H2;6*1H4;1H. The van der Waals surface area contributed by atoms with Crippen molar-refractivity contribution in [3.8, 4) is 46.8 Å². The van der Waals surface area contributed by atoms with Gasteiger partial charge in [-0.1, -0.05) is 93.1 Å². The van der Waals surface area contributed by atoms with E-state index in [1.54, 1.807) is 115 Å². The summed E-state index contributed by atoms with van der Waals surface area (Å²) in [6.45, 7) is 15.3. The molecule has 4 fully saturated rings. The quantitative estimate of drug-likeness (QED) is 0.0899. The Kier molecular flexibility index (Phi) is 46.8. The SMILES string of the molecule is C.C.C.C.C.C.CC(C)(C)OC(=O)N1CCC(C#N)(Cc2ccc(C(F)(F)F)cc2)CC1.CC(C)(C)OC(=O)N1CCC(C#N)CC1.Cl.FC(F)(F)c1ccc(CCl)cc1.N#CC1(Cc2ccc(C(F)(F)F)cc2)CCN(C(=O)c2cccnc2-c2ccncc2)CC1.N#CC1(Cc2ccc(C(F)(F)F)cc2)CCNCC1.O=C(O)c1cccnc1-c1ccncc1. The van der Waals surface area contributed by atoms with Crippen LogP contribution in [0.5, 0.6) is 0 Å². The molecule has 8 aromatic rings. The number of carbonyl (C=O) groups is 4. The van der Waals surface area contributed by atoms with E-state index in [4.69, 9.17) is 31.4 Å². The summed E-state index contributed by atoms with van der Waals surface area (Å²) >= 11 is 5.41. The number of halogens is 14. The largest absolute Gasteiger partial charge is 0.478 e. The van der Waals surface area contributed by atoms with Crippen molar-refractivity contribution in [3.05, 3.63) is 238 Å². The monoisotopic (exact) mass is 1820 g/mol. The number of likely N-dealkylation sites (tertiary alicyclic amines) is 3. The number of amides is 3. The third kappa shape index (κ3) is 36.1. The number of rotatable bonds is 11. The Labute approximate surface area is 750 Å². The Morgan fingerprint density at radius 2 is 0.724 bits per heavy atom. The number of alkyl halides is 13. The minimum atomic E-state index is -4.39. The van der Waals surface area contributed by atoms with Crippen LogP contribution in [0.4, 0.5) is 62.3 Å². The molecule has 33 heteroatoms. The van der Waals surface area contributed by atoms with E-state index in [0.29, 0.717) is 118 Å². The Hall–Kier alpha value is -11.4. The van der Waals surface area contributed by atoms with E-state index >= 15 is 0 Å². The van der Waals surface area contributed by atoms with Gasteiger partial charge in [-0.05, 0) is 245 Å². The molecular weight excluding hydrogens is 1710 g/mol. The lowest BCUT2D eigenvalue weighted by Crippen LogP contribution is -2.45. The molecule has 19 nitrogen and oxygen atoms in total. The summed E-state index contributed by atoms with van der Waals surface area (Å²) in [5.74, 6) is -0.799. The molecular formula is C94H116Cl2F12N12O7. The number of aromatic nitrogens is 4. The lowest BCUT2D eigenvalue weighted by Gasteiger charge is -2.38. The summed E-state index contributed by atoms with van der Waals surface area (Å²) in [5, 5.41) is 49.7. The molecule has 0 bridgehead atoms. The fraction of sp³-hybridized carbons (Fsp3) is 0.447. The molecule has 0 saturated carbocycles. The molecule has 0 aliphatic carbocycles. The van der Waals surface area contributed by atoms with Crippen LogP contribution in [-0.4, -0.2) is 127 Å². The molecule has 0 atom stereocenters. The number of carboxylic acid groups (broad SMARTS) is 1. The third-order valence-corrected chi connectivity index (χ3v) is 20.2. The predicted molar refractivity (Wildman–Crippen MR) is 471 cm³/mol. The first-order chi connectivity index (χ1) is 56.4. The average molecular weight is 1820 g/mol. The second-order valence-electron chi connectivity index (χ2n) is 31.1. The van der Waals surface area contributed by atoms with Gasteiger partial charge in [0.2, 0.25) is 0 Å². The van der Waals surface area contributed by atoms with Gasteiger partial charge in [0.1, 0.15) is 11.2 Å². The smallest absolute Gasteiger partial charge is 0.416 e. The number of aromatic carboxylic acids is 1. The Morgan fingerprint density at radius 3 is 1.02 bits per heavy atom. The van der Waals surface area contributed by atoms with Crippen molar-refractivity contribution in [1.82, 2.24) is 40.0 Å². The van der Waals surface area contributed by atoms with Crippen LogP contribution < -0.4 is 5.32 Å². The minimum absolute atomic E-state index is 0. The number of nitrogens with one attached hydrogen (secondary N) is 1. The Bertz CT molecular complexity index is 4830. The summed E-state index contributed by atoms with van der Waals surface area (Å²) in [6.07, 6.45) is -2.25. The van der Waals surface area contributed by atoms with E-state index in [9.17, 15) is 87.6 Å². The zero-order chi connectivity index (χ0) is 88.3. The third-order valence-electron chi connectivity index (χ3n) is 19.9. The summed E-state index contributed by atoms with van der Waals surface area (Å²) in [4.78, 5) is 69.2. The average Bonchev–Trinajstić information content (AvgIpc) is 0.811. The zero-order valence-electron chi connectivity index (χ0n) is 67.2. The molecule has 4 aliphatic rings. The topological polar surface area (TPSA) is 275 Å². The van der Waals surface area contributed by atoms with Gasteiger partial charge in [0.15, 0.2) is 0 Å². The maximum Gasteiger partial charge on any atom is 0.416 e. The van der Waals surface area contributed by atoms with Crippen LogP contribution in [0.25, 0.3) is 22.5 Å². The van der Waals surface area contributed by atoms with Gasteiger partial charge < -0.3 is 34.6 Å². The highest BCUT2D eigenvalue weighted by atomic mass is 35.5. The number of ether oxygens (including phenoxy) is 2. The number of carboxylic acids is 1. The molecule has 12 rings (SSSR count). The number of hydrogen-bond acceptors (Lipinski definition) is 15. The number of pyridine rings is 4. The van der Waals surface area contributed by atoms with Gasteiger partial charge in [-0.2, -0.15) is 73.7 Å². The maximum atomic E-state index is 13.3. The highest BCUT2D eigenvalue weighted by Crippen LogP contribution is 2.41. The number of carbonyl (C=O) groups excluding carboxylic acids is 3. The maximum absolute atomic E-state index is 13.3. The van der Waals surface area contributed by atoms with E-state index < -0.39 is 86.5 Å². The second kappa shape index (κ2) is 51.4. The number of nitriles is 4. The Balaban J connectivity index is 0.00000153. The lowest BCUT2D eigenvalue weighted by atomic mass is 9.75. The number of benzene rings is 4. The molecule has 4 aliphatic heterocycles. The molecule has 3 amide bonds. The van der Waals surface area contributed by atoms with Crippen LogP contribution in [0.2, 0.25) is 0 Å². The van der Waals surface area contributed by atoms with E-state index in [1.807, 2.05) is 20.8 Å². The molecule has 0 radical (unpaired) electrons. The summed E-state index contributed by atoms with van der Waals surface area (Å²) in [6, 6.07) is 42.7. The van der Waals surface area contributed by atoms with Crippen molar-refractivity contribution in [2.75, 3.05) is 52.4 Å². The van der Waals surface area contributed by atoms with E-state index in [-0.39, 0.29) is 86.3 Å². The van der Waals surface area contributed by atoms with Crippen molar-refractivity contribution in [1.29, 1.82) is 21.0 Å². The van der Waals surface area contributed by atoms with Gasteiger partial charge in [0.05, 0.1) is 85.3 Å². The van der Waals surface area contributed by atoms with Crippen molar-refractivity contribution >= 4 is 48.1 Å². The number of nitrogens with zero attached hydrogens (tertiary/aromatic N) is 11. The summed E-state index contributed by atoms with van der Waals surface area (Å²) in [7, 11) is 0. The lowest BCUT2D eigenvalue weighted by molar-refractivity contribution is -0.138. The summed E-state index contributed by atoms with van der Waals surface area (Å²) < 4.78 is 160. The van der Waals surface area contributed by atoms with Crippen LogP contribution in [0.3, 0.4) is 0 Å². The number of hydrogen-bond donors (Lipinski definition) is 2. The van der Waals surface area contributed by atoms with Gasteiger partial charge >= 0.3 is 42.9 Å². The first-order valence-electron chi connectivity index (χ1n) is 38.2. The normalized spacial score (nSPS) is 14.9. The van der Waals surface area contributed by atoms with Gasteiger partial charge in [0.25, 0.3) is 5.91 Å². The molecule has 692 valence electrons. The van der Waals surface area contributed by atoms with Crippen molar-refractivity contribution in [3.63, 3.8) is 0 Å². The van der Waals surface area contributed by atoms with Crippen LogP contribution in [0.15, 0.2) is 183 Å². The van der Waals surface area contributed by atoms with Crippen molar-refractivity contribution < 1.29 is 86.4 Å². The fourth-order valence-corrected chi connectivity index (χ4v) is 13.4. The molecule has 0 unspecified atom stereocenters. The molecule has 4 saturated heterocycles. The predicted octanol–water partition coefficient (Wildman–Crippen LogP) is 24.8. The number of piperidine rings is 4. The van der Waals surface area contributed by atoms with Crippen LogP contribution in [0, 0.1) is 67.5 Å². The summed E-state index contributed by atoms with van der Waals surface area (Å²) in [5.41, 5.74) is 0.534. The second-order valence-corrected chi connectivity index (χ2v) is 31.3. The molecule has 0 spiro atoms. The van der Waals surface area contributed by atoms with Crippen LogP contribution in [-0.2, 0) is 59.3 Å². The fourth-order valence-electron chi connectivity index (χ4n) is 13.2. The molecule has 4 aromatic heterocycles. The van der Waals surface area contributed by atoms with Gasteiger partial charge in [-0.15, -0.1) is 24.0 Å². The first-order valence-corrected chi connectivity index (χ1v) is 38.7. The highest BCUT2D eigenvalue weighted by molar-refractivity contribution is 6.17. The molecule has 4 aromatic carbocycles. The van der Waals surface area contributed by atoms with Gasteiger partial charge in [-0.3, -0.25) is 24.7 Å². The Morgan fingerprint density at radius 1 is 0.433 bits per heavy atom. The first kappa shape index (κ1) is 116. The zero-order valence-corrected chi connectivity index (χ0v) is 68.8. The van der Waals surface area contributed by atoms with Crippen molar-refractivity contribution in [2.45, 2.75) is 199 Å². The highest BCUT2D eigenvalue weighted by Gasteiger charge is 2.41.